The molecule has 0 aliphatic rings. The molecule has 0 aromatic rings. The van der Waals surface area contributed by atoms with Gasteiger partial charge in [0.1, 0.15) is 0 Å². The van der Waals surface area contributed by atoms with Crippen LogP contribution in [-0.2, 0) is 17.2 Å². The van der Waals surface area contributed by atoms with Gasteiger partial charge in [-0.2, -0.15) is 0 Å². The van der Waals surface area contributed by atoms with E-state index in [-0.39, 0.29) is 11.9 Å². The van der Waals surface area contributed by atoms with Crippen molar-refractivity contribution < 1.29 is 17.2 Å². The van der Waals surface area contributed by atoms with E-state index in [1.807, 2.05) is 0 Å². The standard InChI is InChI=1S/2C18H36O2.CH3.Al/c2*1-2-3-4-5-6-7-8-9-10-11-12-13-14-15-16-17-18(19)20;;/h2*2-17H2,1H3,(H,19,20);1H3;/q;;;+2/p-2. The molecule has 0 rings (SSSR count). The summed E-state index contributed by atoms with van der Waals surface area (Å²) in [6.07, 6.45) is 40.3. The van der Waals surface area contributed by atoms with Crippen molar-refractivity contribution in [1.82, 2.24) is 0 Å². The lowest BCUT2D eigenvalue weighted by Crippen LogP contribution is -2.26. The molecule has 0 radical (unpaired) electrons. The highest BCUT2D eigenvalue weighted by atomic mass is 27.2. The second-order valence-electron chi connectivity index (χ2n) is 12.9. The smallest absolute Gasteiger partial charge is 0.585 e. The fourth-order valence-corrected chi connectivity index (χ4v) is 6.82. The van der Waals surface area contributed by atoms with Gasteiger partial charge in [-0.3, -0.25) is 9.59 Å². The van der Waals surface area contributed by atoms with Crippen LogP contribution in [0.5, 0.6) is 0 Å². The molecular weight excluding hydrogens is 535 g/mol. The second kappa shape index (κ2) is 35.0. The molecule has 42 heavy (non-hydrogen) atoms. The number of rotatable bonds is 34. The van der Waals surface area contributed by atoms with E-state index in [0.717, 1.165) is 25.7 Å². The maximum Gasteiger partial charge on any atom is 0.857 e. The predicted molar refractivity (Wildman–Crippen MR) is 183 cm³/mol. The topological polar surface area (TPSA) is 52.6 Å². The molecule has 0 aromatic heterocycles. The maximum absolute atomic E-state index is 12.1. The van der Waals surface area contributed by atoms with E-state index in [1.165, 1.54) is 167 Å². The zero-order valence-electron chi connectivity index (χ0n) is 28.8. The molecule has 0 aliphatic carbocycles. The number of unbranched alkanes of at least 4 members (excludes halogenated alkanes) is 28. The monoisotopic (exact) mass is 609 g/mol. The molecule has 0 amide bonds. The van der Waals surface area contributed by atoms with Crippen molar-refractivity contribution in [1.29, 1.82) is 0 Å². The Hall–Kier alpha value is -0.528. The van der Waals surface area contributed by atoms with Crippen LogP contribution in [0, 0.1) is 0 Å². The van der Waals surface area contributed by atoms with Crippen molar-refractivity contribution in [2.24, 2.45) is 0 Å². The molecule has 0 bridgehead atoms. The van der Waals surface area contributed by atoms with Crippen LogP contribution in [0.1, 0.15) is 219 Å². The van der Waals surface area contributed by atoms with Gasteiger partial charge in [0, 0.05) is 12.8 Å². The second-order valence-corrected chi connectivity index (χ2v) is 14.6. The normalized spacial score (nSPS) is 11.1. The zero-order valence-corrected chi connectivity index (χ0v) is 30.0. The lowest BCUT2D eigenvalue weighted by atomic mass is 10.0. The molecule has 0 unspecified atom stereocenters. The van der Waals surface area contributed by atoms with E-state index in [2.05, 4.69) is 13.8 Å². The zero-order chi connectivity index (χ0) is 30.8. The van der Waals surface area contributed by atoms with Gasteiger partial charge < -0.3 is 7.58 Å². The maximum atomic E-state index is 12.1. The van der Waals surface area contributed by atoms with Gasteiger partial charge in [-0.05, 0) is 18.6 Å². The van der Waals surface area contributed by atoms with Gasteiger partial charge in [0.25, 0.3) is 11.9 Å². The Bertz CT molecular complexity index is 520. The van der Waals surface area contributed by atoms with E-state index in [9.17, 15) is 9.59 Å². The summed E-state index contributed by atoms with van der Waals surface area (Å²) in [6, 6.07) is 0. The first-order valence-electron chi connectivity index (χ1n) is 19.0. The Labute approximate surface area is 268 Å². The molecule has 5 heteroatoms. The fourth-order valence-electron chi connectivity index (χ4n) is 5.79. The van der Waals surface area contributed by atoms with E-state index in [0.29, 0.717) is 12.8 Å². The van der Waals surface area contributed by atoms with Gasteiger partial charge in [-0.15, -0.1) is 0 Å². The van der Waals surface area contributed by atoms with Crippen LogP contribution < -0.4 is 0 Å². The Balaban J connectivity index is 3.39. The molecule has 0 saturated heterocycles. The van der Waals surface area contributed by atoms with Crippen molar-refractivity contribution in [2.45, 2.75) is 225 Å². The highest BCUT2D eigenvalue weighted by Gasteiger charge is 2.28. The van der Waals surface area contributed by atoms with Gasteiger partial charge in [0.05, 0.1) is 0 Å². The van der Waals surface area contributed by atoms with Gasteiger partial charge >= 0.3 is 14.8 Å². The first kappa shape index (κ1) is 41.5. The van der Waals surface area contributed by atoms with Crippen LogP contribution >= 0.6 is 0 Å². The van der Waals surface area contributed by atoms with Crippen LogP contribution in [0.4, 0.5) is 0 Å². The molecule has 0 saturated carbocycles. The summed E-state index contributed by atoms with van der Waals surface area (Å²) >= 11 is -2.21. The van der Waals surface area contributed by atoms with Crippen molar-refractivity contribution in [3.05, 3.63) is 0 Å². The molecule has 0 N–H and O–H groups in total. The molecule has 0 spiro atoms. The molecule has 0 aromatic carbocycles. The fraction of sp³-hybridized carbons (Fsp3) is 0.946. The summed E-state index contributed by atoms with van der Waals surface area (Å²) in [5.41, 5.74) is 0. The number of hydrogen-bond acceptors (Lipinski definition) is 4. The van der Waals surface area contributed by atoms with Gasteiger partial charge in [0.15, 0.2) is 0 Å². The highest BCUT2D eigenvalue weighted by molar-refractivity contribution is 6.47. The molecular formula is C37H73AlO4. The average molecular weight is 609 g/mol. The number of carbonyl (C=O) groups excluding carboxylic acids is 2. The molecule has 0 atom stereocenters. The molecule has 0 heterocycles. The van der Waals surface area contributed by atoms with E-state index in [1.54, 1.807) is 5.79 Å². The van der Waals surface area contributed by atoms with E-state index < -0.39 is 14.8 Å². The van der Waals surface area contributed by atoms with Crippen LogP contribution in [0.25, 0.3) is 0 Å². The van der Waals surface area contributed by atoms with Crippen molar-refractivity contribution in [2.75, 3.05) is 0 Å². The van der Waals surface area contributed by atoms with Crippen LogP contribution in [0.2, 0.25) is 5.79 Å². The summed E-state index contributed by atoms with van der Waals surface area (Å²) in [4.78, 5) is 24.2. The van der Waals surface area contributed by atoms with Gasteiger partial charge in [0.2, 0.25) is 0 Å². The minimum atomic E-state index is -2.21. The first-order chi connectivity index (χ1) is 20.6. The quantitative estimate of drug-likeness (QED) is 0.0538. The predicted octanol–water partition coefficient (Wildman–Crippen LogP) is 12.7. The number of carbonyl (C=O) groups is 2. The average Bonchev–Trinajstić information content (AvgIpc) is 2.97. The minimum absolute atomic E-state index is 0.191. The SMILES string of the molecule is CCCCCCCCCCCCCCCCCC(=O)[O][Al]([CH3])[O]C(=O)CCCCCCCCCCCCCCCCC. The third-order valence-electron chi connectivity index (χ3n) is 8.56. The van der Waals surface area contributed by atoms with Crippen LogP contribution in [0.15, 0.2) is 0 Å². The molecule has 4 nitrogen and oxygen atoms in total. The minimum Gasteiger partial charge on any atom is -0.585 e. The third kappa shape index (κ3) is 34.0. The molecule has 0 aliphatic heterocycles. The van der Waals surface area contributed by atoms with Gasteiger partial charge in [-0.1, -0.05) is 194 Å². The van der Waals surface area contributed by atoms with Gasteiger partial charge in [-0.25, -0.2) is 0 Å². The number of hydrogen-bond donors (Lipinski definition) is 0. The Morgan fingerprint density at radius 3 is 0.762 bits per heavy atom. The molecule has 248 valence electrons. The van der Waals surface area contributed by atoms with Crippen LogP contribution in [0.3, 0.4) is 0 Å². The summed E-state index contributed by atoms with van der Waals surface area (Å²) in [5.74, 6) is 1.40. The van der Waals surface area contributed by atoms with Crippen LogP contribution in [-0.4, -0.2) is 26.8 Å². The largest absolute Gasteiger partial charge is 0.857 e. The summed E-state index contributed by atoms with van der Waals surface area (Å²) in [6.45, 7) is 4.55. The molecule has 0 fully saturated rings. The van der Waals surface area contributed by atoms with E-state index >= 15 is 0 Å². The van der Waals surface area contributed by atoms with Crippen molar-refractivity contribution in [3.8, 4) is 0 Å². The Morgan fingerprint density at radius 2 is 0.548 bits per heavy atom. The Morgan fingerprint density at radius 1 is 0.357 bits per heavy atom. The lowest BCUT2D eigenvalue weighted by Gasteiger charge is -2.11. The summed E-state index contributed by atoms with van der Waals surface area (Å²) < 4.78 is 10.9. The Kier molecular flexibility index (Phi) is 34.5. The summed E-state index contributed by atoms with van der Waals surface area (Å²) in [7, 11) is 0. The first-order valence-corrected chi connectivity index (χ1v) is 21.1. The van der Waals surface area contributed by atoms with Crippen molar-refractivity contribution >= 4 is 26.8 Å². The third-order valence-corrected chi connectivity index (χ3v) is 9.75. The summed E-state index contributed by atoms with van der Waals surface area (Å²) in [5, 5.41) is 0. The van der Waals surface area contributed by atoms with Crippen molar-refractivity contribution in [3.63, 3.8) is 0 Å². The lowest BCUT2D eigenvalue weighted by molar-refractivity contribution is -0.140. The van der Waals surface area contributed by atoms with E-state index in [4.69, 9.17) is 7.58 Å². The highest BCUT2D eigenvalue weighted by Crippen LogP contribution is 2.15.